The summed E-state index contributed by atoms with van der Waals surface area (Å²) in [4.78, 5) is 28.4. The highest BCUT2D eigenvalue weighted by molar-refractivity contribution is 7.09. The summed E-state index contributed by atoms with van der Waals surface area (Å²) in [5, 5.41) is 6.17. The van der Waals surface area contributed by atoms with Crippen LogP contribution in [-0.2, 0) is 22.6 Å². The van der Waals surface area contributed by atoms with Gasteiger partial charge in [-0.2, -0.15) is 0 Å². The van der Waals surface area contributed by atoms with E-state index < -0.39 is 5.97 Å². The normalized spacial score (nSPS) is 10.4. The number of methoxy groups -OCH3 is 1. The number of carbonyl (C=O) groups is 2. The van der Waals surface area contributed by atoms with Crippen molar-refractivity contribution in [3.8, 4) is 5.75 Å². The second kappa shape index (κ2) is 9.73. The summed E-state index contributed by atoms with van der Waals surface area (Å²) in [6, 6.07) is 11.7. The van der Waals surface area contributed by atoms with Crippen LogP contribution in [0.25, 0.3) is 0 Å². The third kappa shape index (κ3) is 5.93. The molecule has 1 N–H and O–H groups in total. The molecular formula is C20H16Cl2N2O4S. The molecule has 1 aromatic heterocycles. The molecule has 1 amide bonds. The van der Waals surface area contributed by atoms with E-state index in [0.717, 1.165) is 5.01 Å². The number of carbonyl (C=O) groups excluding carboxylic acids is 2. The van der Waals surface area contributed by atoms with E-state index >= 15 is 0 Å². The molecule has 0 aliphatic heterocycles. The summed E-state index contributed by atoms with van der Waals surface area (Å²) >= 11 is 13.2. The Morgan fingerprint density at radius 3 is 2.62 bits per heavy atom. The number of aromatic nitrogens is 1. The molecule has 0 unspecified atom stereocenters. The molecule has 0 fully saturated rings. The molecule has 0 bridgehead atoms. The monoisotopic (exact) mass is 450 g/mol. The molecule has 0 saturated carbocycles. The lowest BCUT2D eigenvalue weighted by Crippen LogP contribution is -2.15. The molecule has 0 spiro atoms. The Hall–Kier alpha value is -2.61. The minimum atomic E-state index is -0.573. The molecule has 29 heavy (non-hydrogen) atoms. The van der Waals surface area contributed by atoms with Gasteiger partial charge in [-0.1, -0.05) is 23.2 Å². The Bertz CT molecular complexity index is 1020. The predicted molar refractivity (Wildman–Crippen MR) is 113 cm³/mol. The van der Waals surface area contributed by atoms with Crippen molar-refractivity contribution < 1.29 is 19.1 Å². The van der Waals surface area contributed by atoms with Crippen molar-refractivity contribution in [1.82, 2.24) is 4.98 Å². The zero-order chi connectivity index (χ0) is 20.8. The highest BCUT2D eigenvalue weighted by Gasteiger charge is 2.13. The van der Waals surface area contributed by atoms with Gasteiger partial charge in [-0.15, -0.1) is 11.3 Å². The fourth-order valence-electron chi connectivity index (χ4n) is 2.41. The zero-order valence-corrected chi connectivity index (χ0v) is 17.6. The van der Waals surface area contributed by atoms with E-state index in [0.29, 0.717) is 28.8 Å². The van der Waals surface area contributed by atoms with Gasteiger partial charge in [0.25, 0.3) is 0 Å². The van der Waals surface area contributed by atoms with Crippen molar-refractivity contribution in [2.24, 2.45) is 0 Å². The molecule has 150 valence electrons. The van der Waals surface area contributed by atoms with Gasteiger partial charge >= 0.3 is 5.97 Å². The van der Waals surface area contributed by atoms with Crippen molar-refractivity contribution in [3.63, 3.8) is 0 Å². The average molecular weight is 451 g/mol. The van der Waals surface area contributed by atoms with Crippen molar-refractivity contribution in [2.75, 3.05) is 12.4 Å². The topological polar surface area (TPSA) is 77.5 Å². The van der Waals surface area contributed by atoms with E-state index in [4.69, 9.17) is 27.9 Å². The van der Waals surface area contributed by atoms with Crippen LogP contribution >= 0.6 is 34.5 Å². The first-order valence-electron chi connectivity index (χ1n) is 8.44. The van der Waals surface area contributed by atoms with Gasteiger partial charge in [0, 0.05) is 16.1 Å². The first-order valence-corrected chi connectivity index (χ1v) is 10.1. The Balaban J connectivity index is 1.56. The molecule has 0 radical (unpaired) electrons. The fourth-order valence-corrected chi connectivity index (χ4v) is 3.44. The first-order chi connectivity index (χ1) is 13.9. The largest absolute Gasteiger partial charge is 0.486 e. The van der Waals surface area contributed by atoms with Gasteiger partial charge in [-0.05, 0) is 42.5 Å². The molecule has 3 aromatic rings. The zero-order valence-electron chi connectivity index (χ0n) is 15.3. The second-order valence-electron chi connectivity index (χ2n) is 5.89. The van der Waals surface area contributed by atoms with E-state index in [1.807, 2.05) is 5.38 Å². The van der Waals surface area contributed by atoms with Gasteiger partial charge in [0.05, 0.1) is 29.8 Å². The van der Waals surface area contributed by atoms with Crippen LogP contribution in [0.1, 0.15) is 21.1 Å². The SMILES string of the molecule is COC(=O)c1cc(NC(=O)Cc2csc(COc3ccc(Cl)cc3)n2)ccc1Cl. The van der Waals surface area contributed by atoms with E-state index in [9.17, 15) is 9.59 Å². The number of anilines is 1. The summed E-state index contributed by atoms with van der Waals surface area (Å²) in [6.45, 7) is 0.299. The third-order valence-corrected chi connectivity index (χ3v) is 5.23. The van der Waals surface area contributed by atoms with E-state index in [2.05, 4.69) is 15.0 Å². The third-order valence-electron chi connectivity index (χ3n) is 3.77. The molecule has 3 rings (SSSR count). The minimum Gasteiger partial charge on any atom is -0.486 e. The van der Waals surface area contributed by atoms with Crippen molar-refractivity contribution in [3.05, 3.63) is 74.2 Å². The number of benzene rings is 2. The van der Waals surface area contributed by atoms with E-state index in [-0.39, 0.29) is 22.9 Å². The quantitative estimate of drug-likeness (QED) is 0.512. The molecule has 0 aliphatic carbocycles. The predicted octanol–water partition coefficient (Wildman–Crippen LogP) is 5.00. The van der Waals surface area contributed by atoms with Crippen LogP contribution in [0.4, 0.5) is 5.69 Å². The van der Waals surface area contributed by atoms with E-state index in [1.165, 1.54) is 30.6 Å². The van der Waals surface area contributed by atoms with Crippen LogP contribution in [0.5, 0.6) is 5.75 Å². The maximum atomic E-state index is 12.3. The van der Waals surface area contributed by atoms with Crippen molar-refractivity contribution in [2.45, 2.75) is 13.0 Å². The van der Waals surface area contributed by atoms with Crippen LogP contribution in [0.2, 0.25) is 10.0 Å². The van der Waals surface area contributed by atoms with Crippen LogP contribution in [0, 0.1) is 0 Å². The number of rotatable bonds is 7. The Morgan fingerprint density at radius 1 is 1.14 bits per heavy atom. The number of hydrogen-bond acceptors (Lipinski definition) is 6. The summed E-state index contributed by atoms with van der Waals surface area (Å²) in [7, 11) is 1.26. The Kier molecular flexibility index (Phi) is 7.09. The maximum absolute atomic E-state index is 12.3. The molecule has 2 aromatic carbocycles. The molecule has 0 aliphatic rings. The highest BCUT2D eigenvalue weighted by atomic mass is 35.5. The molecule has 0 atom stereocenters. The minimum absolute atomic E-state index is 0.0909. The lowest BCUT2D eigenvalue weighted by Gasteiger charge is -2.07. The van der Waals surface area contributed by atoms with Crippen LogP contribution in [0.3, 0.4) is 0 Å². The Labute approximate surface area is 181 Å². The maximum Gasteiger partial charge on any atom is 0.339 e. The highest BCUT2D eigenvalue weighted by Crippen LogP contribution is 2.22. The van der Waals surface area contributed by atoms with Gasteiger partial charge < -0.3 is 14.8 Å². The second-order valence-corrected chi connectivity index (χ2v) is 7.67. The summed E-state index contributed by atoms with van der Waals surface area (Å²) in [5.74, 6) is -0.150. The number of thiazole rings is 1. The van der Waals surface area contributed by atoms with Gasteiger partial charge in [-0.25, -0.2) is 9.78 Å². The average Bonchev–Trinajstić information content (AvgIpc) is 3.15. The lowest BCUT2D eigenvalue weighted by molar-refractivity contribution is -0.115. The van der Waals surface area contributed by atoms with Gasteiger partial charge in [-0.3, -0.25) is 4.79 Å². The van der Waals surface area contributed by atoms with Gasteiger partial charge in [0.15, 0.2) is 0 Å². The van der Waals surface area contributed by atoms with Crippen LogP contribution in [-0.4, -0.2) is 24.0 Å². The van der Waals surface area contributed by atoms with Crippen molar-refractivity contribution >= 4 is 52.1 Å². The molecule has 6 nitrogen and oxygen atoms in total. The Morgan fingerprint density at radius 2 is 1.90 bits per heavy atom. The van der Waals surface area contributed by atoms with Gasteiger partial charge in [0.2, 0.25) is 5.91 Å². The summed E-state index contributed by atoms with van der Waals surface area (Å²) in [5.41, 5.74) is 1.26. The molecule has 0 saturated heterocycles. The lowest BCUT2D eigenvalue weighted by atomic mass is 10.2. The van der Waals surface area contributed by atoms with Gasteiger partial charge in [0.1, 0.15) is 17.4 Å². The molecule has 1 heterocycles. The number of nitrogens with zero attached hydrogens (tertiary/aromatic N) is 1. The summed E-state index contributed by atoms with van der Waals surface area (Å²) in [6.07, 6.45) is 0.0909. The standard InChI is InChI=1S/C20H16Cl2N2O4S/c1-27-20(26)16-8-13(4-7-17(16)22)23-18(25)9-14-11-29-19(24-14)10-28-15-5-2-12(21)3-6-15/h2-8,11H,9-10H2,1H3,(H,23,25). The first kappa shape index (κ1) is 21.1. The number of hydrogen-bond donors (Lipinski definition) is 1. The fraction of sp³-hybridized carbons (Fsp3) is 0.150. The number of ether oxygens (including phenoxy) is 2. The number of amides is 1. The van der Waals surface area contributed by atoms with Crippen LogP contribution in [0.15, 0.2) is 47.8 Å². The molecule has 9 heteroatoms. The summed E-state index contributed by atoms with van der Waals surface area (Å²) < 4.78 is 10.3. The van der Waals surface area contributed by atoms with Crippen LogP contribution < -0.4 is 10.1 Å². The number of nitrogens with one attached hydrogen (secondary N) is 1. The number of halogens is 2. The van der Waals surface area contributed by atoms with Crippen molar-refractivity contribution in [1.29, 1.82) is 0 Å². The smallest absolute Gasteiger partial charge is 0.339 e. The van der Waals surface area contributed by atoms with E-state index in [1.54, 1.807) is 30.3 Å². The number of esters is 1. The molecular weight excluding hydrogens is 435 g/mol.